The van der Waals surface area contributed by atoms with Crippen molar-refractivity contribution in [2.45, 2.75) is 127 Å². The maximum Gasteiger partial charge on any atom is 0.159 e. The predicted octanol–water partition coefficient (Wildman–Crippen LogP) is 9.51. The van der Waals surface area contributed by atoms with Crippen molar-refractivity contribution >= 4 is 5.78 Å². The Morgan fingerprint density at radius 2 is 1.14 bits per heavy atom. The lowest BCUT2D eigenvalue weighted by atomic mass is 10.1. The maximum atomic E-state index is 11.2. The van der Waals surface area contributed by atoms with Gasteiger partial charge in [-0.3, -0.25) is 4.79 Å². The largest absolute Gasteiger partial charge is 0.490 e. The molecule has 0 saturated carbocycles. The van der Waals surface area contributed by atoms with Crippen LogP contribution in [-0.4, -0.2) is 11.9 Å². The summed E-state index contributed by atoms with van der Waals surface area (Å²) in [5.74, 6) is 0.974. The first-order valence-corrected chi connectivity index (χ1v) is 11.9. The van der Waals surface area contributed by atoms with E-state index < -0.39 is 0 Å². The van der Waals surface area contributed by atoms with Crippen LogP contribution in [0.25, 0.3) is 0 Å². The van der Waals surface area contributed by atoms with Crippen LogP contribution >= 0.6 is 0 Å². The van der Waals surface area contributed by atoms with Crippen molar-refractivity contribution in [3.8, 4) is 5.75 Å². The van der Waals surface area contributed by atoms with Crippen LogP contribution < -0.4 is 4.74 Å². The third-order valence-electron chi connectivity index (χ3n) is 3.32. The average Bonchev–Trinajstić information content (AvgIpc) is 2.75. The zero-order valence-corrected chi connectivity index (χ0v) is 21.2. The SMILES string of the molecule is CC.CC.CC.CCC.CCCCC(CCCC)Oc1ccc(C(C)=O)cc1. The molecule has 1 aromatic carbocycles. The summed E-state index contributed by atoms with van der Waals surface area (Å²) in [4.78, 5) is 11.2. The van der Waals surface area contributed by atoms with E-state index in [0.29, 0.717) is 6.10 Å². The highest BCUT2D eigenvalue weighted by Gasteiger charge is 2.10. The molecule has 0 unspecified atom stereocenters. The molecular formula is C26H52O2. The minimum Gasteiger partial charge on any atom is -0.490 e. The van der Waals surface area contributed by atoms with E-state index in [1.807, 2.05) is 65.8 Å². The number of hydrogen-bond donors (Lipinski definition) is 0. The molecule has 0 aliphatic rings. The molecular weight excluding hydrogens is 344 g/mol. The summed E-state index contributed by atoms with van der Waals surface area (Å²) in [7, 11) is 0. The van der Waals surface area contributed by atoms with Gasteiger partial charge in [0.1, 0.15) is 5.75 Å². The lowest BCUT2D eigenvalue weighted by Gasteiger charge is -2.19. The number of unbranched alkanes of at least 4 members (excludes halogenated alkanes) is 2. The van der Waals surface area contributed by atoms with Crippen molar-refractivity contribution in [1.29, 1.82) is 0 Å². The smallest absolute Gasteiger partial charge is 0.159 e. The van der Waals surface area contributed by atoms with Gasteiger partial charge in [0.05, 0.1) is 6.10 Å². The van der Waals surface area contributed by atoms with Crippen LogP contribution in [0.2, 0.25) is 0 Å². The Kier molecular flexibility index (Phi) is 37.2. The van der Waals surface area contributed by atoms with E-state index in [1.54, 1.807) is 6.92 Å². The fraction of sp³-hybridized carbons (Fsp3) is 0.731. The first kappa shape index (κ1) is 34.2. The van der Waals surface area contributed by atoms with Crippen molar-refractivity contribution in [3.05, 3.63) is 29.8 Å². The van der Waals surface area contributed by atoms with Crippen molar-refractivity contribution in [2.24, 2.45) is 0 Å². The van der Waals surface area contributed by atoms with Gasteiger partial charge in [-0.25, -0.2) is 0 Å². The molecule has 0 spiro atoms. The van der Waals surface area contributed by atoms with Gasteiger partial charge >= 0.3 is 0 Å². The molecule has 0 radical (unpaired) electrons. The highest BCUT2D eigenvalue weighted by Crippen LogP contribution is 2.19. The molecule has 2 nitrogen and oxygen atoms in total. The van der Waals surface area contributed by atoms with Crippen LogP contribution in [0.3, 0.4) is 0 Å². The fourth-order valence-electron chi connectivity index (χ4n) is 2.09. The van der Waals surface area contributed by atoms with Gasteiger partial charge in [0.2, 0.25) is 0 Å². The highest BCUT2D eigenvalue weighted by atomic mass is 16.5. The summed E-state index contributed by atoms with van der Waals surface area (Å²) in [6.07, 6.45) is 8.61. The standard InChI is InChI=1S/C17H26O2.C3H8.3C2H6/c1-4-6-8-16(9-7-5-2)19-17-12-10-15(11-13-17)14(3)18;1-3-2;3*1-2/h10-13,16H,4-9H2,1-3H3;3H2,1-2H3;3*1-2H3. The van der Waals surface area contributed by atoms with Crippen LogP contribution in [0, 0.1) is 0 Å². The number of ether oxygens (including phenoxy) is 1. The number of ketones is 1. The van der Waals surface area contributed by atoms with Gasteiger partial charge < -0.3 is 4.74 Å². The molecule has 0 atom stereocenters. The molecule has 1 aromatic rings. The van der Waals surface area contributed by atoms with Crippen LogP contribution in [0.15, 0.2) is 24.3 Å². The zero-order chi connectivity index (χ0) is 22.8. The Labute approximate surface area is 178 Å². The minimum atomic E-state index is 0.0973. The van der Waals surface area contributed by atoms with E-state index >= 15 is 0 Å². The second kappa shape index (κ2) is 30.4. The van der Waals surface area contributed by atoms with Crippen LogP contribution in [0.1, 0.15) is 131 Å². The van der Waals surface area contributed by atoms with Crippen LogP contribution in [0.5, 0.6) is 5.75 Å². The van der Waals surface area contributed by atoms with Gasteiger partial charge in [-0.1, -0.05) is 101 Å². The third kappa shape index (κ3) is 22.7. The highest BCUT2D eigenvalue weighted by molar-refractivity contribution is 5.94. The molecule has 168 valence electrons. The summed E-state index contributed by atoms with van der Waals surface area (Å²) in [5, 5.41) is 0. The number of rotatable bonds is 9. The second-order valence-electron chi connectivity index (χ2n) is 5.81. The predicted molar refractivity (Wildman–Crippen MR) is 130 cm³/mol. The summed E-state index contributed by atoms with van der Waals surface area (Å²) in [6.45, 7) is 22.2. The number of carbonyl (C=O) groups is 1. The first-order valence-electron chi connectivity index (χ1n) is 11.9. The lowest BCUT2D eigenvalue weighted by Crippen LogP contribution is -2.16. The molecule has 2 heteroatoms. The van der Waals surface area contributed by atoms with Gasteiger partial charge in [-0.2, -0.15) is 0 Å². The molecule has 1 rings (SSSR count). The second-order valence-corrected chi connectivity index (χ2v) is 5.81. The first-order chi connectivity index (χ1) is 13.6. The minimum absolute atomic E-state index is 0.0973. The van der Waals surface area contributed by atoms with Gasteiger partial charge in [-0.15, -0.1) is 0 Å². The van der Waals surface area contributed by atoms with Gasteiger partial charge in [0.15, 0.2) is 5.78 Å². The molecule has 0 aliphatic carbocycles. The van der Waals surface area contributed by atoms with E-state index in [-0.39, 0.29) is 5.78 Å². The van der Waals surface area contributed by atoms with Crippen molar-refractivity contribution < 1.29 is 9.53 Å². The fourth-order valence-corrected chi connectivity index (χ4v) is 2.09. The molecule has 0 bridgehead atoms. The van der Waals surface area contributed by atoms with Crippen molar-refractivity contribution in [1.82, 2.24) is 0 Å². The number of hydrogen-bond acceptors (Lipinski definition) is 2. The van der Waals surface area contributed by atoms with Crippen LogP contribution in [-0.2, 0) is 0 Å². The Morgan fingerprint density at radius 3 is 1.43 bits per heavy atom. The monoisotopic (exact) mass is 396 g/mol. The van der Waals surface area contributed by atoms with E-state index in [9.17, 15) is 4.79 Å². The Morgan fingerprint density at radius 1 is 0.786 bits per heavy atom. The molecule has 0 aliphatic heterocycles. The summed E-state index contributed by atoms with van der Waals surface area (Å²) >= 11 is 0. The van der Waals surface area contributed by atoms with E-state index in [2.05, 4.69) is 27.7 Å². The number of Topliss-reactive ketones (excluding diaryl/α,β-unsaturated/α-hetero) is 1. The number of benzene rings is 1. The van der Waals surface area contributed by atoms with Gasteiger partial charge in [-0.05, 0) is 44.0 Å². The zero-order valence-electron chi connectivity index (χ0n) is 21.2. The molecule has 0 N–H and O–H groups in total. The average molecular weight is 397 g/mol. The maximum absolute atomic E-state index is 11.2. The number of carbonyl (C=O) groups excluding carboxylic acids is 1. The van der Waals surface area contributed by atoms with E-state index in [4.69, 9.17) is 4.74 Å². The van der Waals surface area contributed by atoms with Crippen LogP contribution in [0.4, 0.5) is 0 Å². The molecule has 28 heavy (non-hydrogen) atoms. The molecule has 0 fully saturated rings. The Hall–Kier alpha value is -1.31. The summed E-state index contributed by atoms with van der Waals surface area (Å²) < 4.78 is 6.04. The van der Waals surface area contributed by atoms with Gasteiger partial charge in [0.25, 0.3) is 0 Å². The summed E-state index contributed by atoms with van der Waals surface area (Å²) in [6, 6.07) is 7.49. The Bertz CT molecular complexity index is 374. The quantitative estimate of drug-likeness (QED) is 0.388. The molecule has 0 aromatic heterocycles. The van der Waals surface area contributed by atoms with E-state index in [0.717, 1.165) is 24.2 Å². The van der Waals surface area contributed by atoms with Crippen molar-refractivity contribution in [2.75, 3.05) is 0 Å². The normalized spacial score (nSPS) is 8.57. The van der Waals surface area contributed by atoms with E-state index in [1.165, 1.54) is 32.1 Å². The summed E-state index contributed by atoms with van der Waals surface area (Å²) in [5.41, 5.74) is 0.742. The van der Waals surface area contributed by atoms with Gasteiger partial charge in [0, 0.05) is 5.56 Å². The Balaban J connectivity index is -0.000000277. The molecule has 0 amide bonds. The van der Waals surface area contributed by atoms with Crippen molar-refractivity contribution in [3.63, 3.8) is 0 Å². The third-order valence-corrected chi connectivity index (χ3v) is 3.32. The molecule has 0 saturated heterocycles. The lowest BCUT2D eigenvalue weighted by molar-refractivity contribution is 0.101. The molecule has 0 heterocycles. The topological polar surface area (TPSA) is 26.3 Å².